The Hall–Kier alpha value is -2.26. The second-order valence-electron chi connectivity index (χ2n) is 8.20. The van der Waals surface area contributed by atoms with Crippen molar-refractivity contribution in [1.29, 1.82) is 5.26 Å². The lowest BCUT2D eigenvalue weighted by Gasteiger charge is -2.43. The van der Waals surface area contributed by atoms with Crippen LogP contribution in [-0.2, 0) is 0 Å². The molecule has 2 unspecified atom stereocenters. The molecule has 4 nitrogen and oxygen atoms in total. The summed E-state index contributed by atoms with van der Waals surface area (Å²) in [5.74, 6) is -1.89. The highest BCUT2D eigenvalue weighted by molar-refractivity contribution is 5.94. The molecule has 0 radical (unpaired) electrons. The molecule has 1 fully saturated rings. The minimum Gasteiger partial charge on any atom is -0.387 e. The number of amides is 1. The van der Waals surface area contributed by atoms with Crippen LogP contribution in [0, 0.1) is 40.7 Å². The summed E-state index contributed by atoms with van der Waals surface area (Å²) < 4.78 is 27.9. The van der Waals surface area contributed by atoms with E-state index in [0.29, 0.717) is 31.5 Å². The van der Waals surface area contributed by atoms with Gasteiger partial charge >= 0.3 is 0 Å². The van der Waals surface area contributed by atoms with Crippen molar-refractivity contribution in [3.05, 3.63) is 46.5 Å². The predicted octanol–water partition coefficient (Wildman–Crippen LogP) is 3.35. The number of carbonyl (C=O) groups is 1. The molecule has 6 heteroatoms. The summed E-state index contributed by atoms with van der Waals surface area (Å²) >= 11 is 0. The molecule has 1 saturated heterocycles. The third-order valence-corrected chi connectivity index (χ3v) is 5.58. The topological polar surface area (TPSA) is 64.3 Å². The van der Waals surface area contributed by atoms with Crippen LogP contribution in [0.5, 0.6) is 0 Å². The van der Waals surface area contributed by atoms with Crippen LogP contribution >= 0.6 is 0 Å². The molecule has 2 aliphatic rings. The molecule has 1 N–H and O–H groups in total. The molecular formula is C20H22F2N2O2. The number of halogens is 2. The fraction of sp³-hybridized carbons (Fsp3) is 0.500. The molecule has 1 aromatic rings. The zero-order valence-corrected chi connectivity index (χ0v) is 15.1. The maximum Gasteiger partial charge on any atom is 0.256 e. The standard InChI is InChI=1S/C20H22F2N2O2/c1-12-6-16(22)14(7-15(12)21)18(26)24-5-4-20(11-24)8-13(9-23)17(25)19(2,3)10-20/h6-8,17,25H,4-5,10-11H2,1-3H3. The lowest BCUT2D eigenvalue weighted by atomic mass is 9.63. The first-order valence-electron chi connectivity index (χ1n) is 8.64. The van der Waals surface area contributed by atoms with Gasteiger partial charge in [-0.1, -0.05) is 19.9 Å². The van der Waals surface area contributed by atoms with E-state index in [1.807, 2.05) is 13.8 Å². The number of aliphatic hydroxyl groups is 1. The van der Waals surface area contributed by atoms with Gasteiger partial charge < -0.3 is 10.0 Å². The Kier molecular flexibility index (Phi) is 4.40. The van der Waals surface area contributed by atoms with Crippen LogP contribution < -0.4 is 0 Å². The SMILES string of the molecule is Cc1cc(F)c(C(=O)N2CCC3(C=C(C#N)C(O)C(C)(C)C3)C2)cc1F. The van der Waals surface area contributed by atoms with Crippen molar-refractivity contribution in [1.82, 2.24) is 4.90 Å². The van der Waals surface area contributed by atoms with E-state index in [1.165, 1.54) is 11.8 Å². The van der Waals surface area contributed by atoms with Crippen molar-refractivity contribution in [3.63, 3.8) is 0 Å². The van der Waals surface area contributed by atoms with Crippen molar-refractivity contribution < 1.29 is 18.7 Å². The minimum absolute atomic E-state index is 0.154. The quantitative estimate of drug-likeness (QED) is 0.835. The molecule has 2 atom stereocenters. The maximum absolute atomic E-state index is 14.2. The normalized spacial score (nSPS) is 27.3. The number of likely N-dealkylation sites (tertiary alicyclic amines) is 1. The Morgan fingerprint density at radius 1 is 1.35 bits per heavy atom. The average molecular weight is 360 g/mol. The number of benzene rings is 1. The van der Waals surface area contributed by atoms with E-state index >= 15 is 0 Å². The molecule has 1 amide bonds. The van der Waals surface area contributed by atoms with Crippen molar-refractivity contribution in [3.8, 4) is 6.07 Å². The Balaban J connectivity index is 1.89. The Bertz CT molecular complexity index is 841. The molecular weight excluding hydrogens is 338 g/mol. The summed E-state index contributed by atoms with van der Waals surface area (Å²) in [5, 5.41) is 19.7. The van der Waals surface area contributed by atoms with Gasteiger partial charge in [0.2, 0.25) is 0 Å². The average Bonchev–Trinajstić information content (AvgIpc) is 2.96. The number of hydrogen-bond donors (Lipinski definition) is 1. The summed E-state index contributed by atoms with van der Waals surface area (Å²) in [6, 6.07) is 4.03. The monoisotopic (exact) mass is 360 g/mol. The largest absolute Gasteiger partial charge is 0.387 e. The van der Waals surface area contributed by atoms with Crippen LogP contribution in [0.25, 0.3) is 0 Å². The first-order chi connectivity index (χ1) is 12.1. The third-order valence-electron chi connectivity index (χ3n) is 5.58. The molecule has 0 aromatic heterocycles. The predicted molar refractivity (Wildman–Crippen MR) is 92.1 cm³/mol. The van der Waals surface area contributed by atoms with Crippen molar-refractivity contribution in [2.75, 3.05) is 13.1 Å². The summed E-state index contributed by atoms with van der Waals surface area (Å²) in [6.07, 6.45) is 2.16. The van der Waals surface area contributed by atoms with Crippen LogP contribution in [0.1, 0.15) is 42.6 Å². The highest BCUT2D eigenvalue weighted by Crippen LogP contribution is 2.49. The van der Waals surface area contributed by atoms with Gasteiger partial charge in [-0.15, -0.1) is 0 Å². The van der Waals surface area contributed by atoms with E-state index < -0.39 is 34.5 Å². The van der Waals surface area contributed by atoms with Gasteiger partial charge in [-0.2, -0.15) is 5.26 Å². The highest BCUT2D eigenvalue weighted by Gasteiger charge is 2.49. The third kappa shape index (κ3) is 3.01. The molecule has 1 heterocycles. The molecule has 138 valence electrons. The van der Waals surface area contributed by atoms with Crippen molar-refractivity contribution >= 4 is 5.91 Å². The number of aliphatic hydroxyl groups excluding tert-OH is 1. The molecule has 0 saturated carbocycles. The summed E-state index contributed by atoms with van der Waals surface area (Å²) in [6.45, 7) is 5.95. The minimum atomic E-state index is -0.841. The van der Waals surface area contributed by atoms with E-state index in [1.54, 1.807) is 6.08 Å². The van der Waals surface area contributed by atoms with E-state index in [2.05, 4.69) is 6.07 Å². The van der Waals surface area contributed by atoms with Gasteiger partial charge in [0.1, 0.15) is 11.6 Å². The van der Waals surface area contributed by atoms with Crippen LogP contribution in [-0.4, -0.2) is 35.1 Å². The lowest BCUT2D eigenvalue weighted by Crippen LogP contribution is -2.43. The molecule has 1 spiro atoms. The first kappa shape index (κ1) is 18.5. The van der Waals surface area contributed by atoms with E-state index in [0.717, 1.165) is 12.1 Å². The fourth-order valence-corrected chi connectivity index (χ4v) is 4.29. The van der Waals surface area contributed by atoms with Gasteiger partial charge in [-0.05, 0) is 42.9 Å². The number of nitriles is 1. The number of carbonyl (C=O) groups excluding carboxylic acids is 1. The number of aryl methyl sites for hydroxylation is 1. The Morgan fingerprint density at radius 2 is 2.04 bits per heavy atom. The maximum atomic E-state index is 14.2. The van der Waals surface area contributed by atoms with Crippen molar-refractivity contribution in [2.45, 2.75) is 39.7 Å². The van der Waals surface area contributed by atoms with E-state index in [-0.39, 0.29) is 11.1 Å². The highest BCUT2D eigenvalue weighted by atomic mass is 19.1. The smallest absolute Gasteiger partial charge is 0.256 e. The van der Waals surface area contributed by atoms with Gasteiger partial charge in [0.05, 0.1) is 23.3 Å². The molecule has 1 aliphatic carbocycles. The zero-order valence-electron chi connectivity index (χ0n) is 15.1. The zero-order chi connectivity index (χ0) is 19.3. The second kappa shape index (κ2) is 6.17. The van der Waals surface area contributed by atoms with Gasteiger partial charge in [0, 0.05) is 18.5 Å². The number of rotatable bonds is 1. The first-order valence-corrected chi connectivity index (χ1v) is 8.64. The van der Waals surface area contributed by atoms with Gasteiger partial charge in [0.25, 0.3) is 5.91 Å². The molecule has 1 aliphatic heterocycles. The van der Waals surface area contributed by atoms with Crippen LogP contribution in [0.2, 0.25) is 0 Å². The van der Waals surface area contributed by atoms with E-state index in [9.17, 15) is 23.9 Å². The molecule has 26 heavy (non-hydrogen) atoms. The fourth-order valence-electron chi connectivity index (χ4n) is 4.29. The van der Waals surface area contributed by atoms with Gasteiger partial charge in [-0.3, -0.25) is 4.79 Å². The second-order valence-corrected chi connectivity index (χ2v) is 8.20. The summed E-state index contributed by atoms with van der Waals surface area (Å²) in [4.78, 5) is 14.2. The lowest BCUT2D eigenvalue weighted by molar-refractivity contribution is 0.0345. The Morgan fingerprint density at radius 3 is 2.69 bits per heavy atom. The van der Waals surface area contributed by atoms with Crippen molar-refractivity contribution in [2.24, 2.45) is 10.8 Å². The molecule has 0 bridgehead atoms. The van der Waals surface area contributed by atoms with Crippen LogP contribution in [0.4, 0.5) is 8.78 Å². The number of hydrogen-bond acceptors (Lipinski definition) is 3. The number of nitrogens with zero attached hydrogens (tertiary/aromatic N) is 2. The Labute approximate surface area is 151 Å². The summed E-state index contributed by atoms with van der Waals surface area (Å²) in [7, 11) is 0. The van der Waals surface area contributed by atoms with Gasteiger partial charge in [0.15, 0.2) is 0 Å². The molecule has 1 aromatic carbocycles. The molecule has 3 rings (SSSR count). The summed E-state index contributed by atoms with van der Waals surface area (Å²) in [5.41, 5.74) is -0.738. The van der Waals surface area contributed by atoms with Crippen LogP contribution in [0.3, 0.4) is 0 Å². The van der Waals surface area contributed by atoms with Gasteiger partial charge in [-0.25, -0.2) is 8.78 Å². The van der Waals surface area contributed by atoms with E-state index in [4.69, 9.17) is 0 Å². The van der Waals surface area contributed by atoms with Crippen LogP contribution in [0.15, 0.2) is 23.8 Å².